The minimum Gasteiger partial charge on any atom is -0.507 e. The van der Waals surface area contributed by atoms with Crippen LogP contribution >= 0.6 is 0 Å². The van der Waals surface area contributed by atoms with Gasteiger partial charge in [0.1, 0.15) is 5.75 Å². The zero-order chi connectivity index (χ0) is 25.8. The van der Waals surface area contributed by atoms with Crippen LogP contribution in [0.4, 0.5) is 5.69 Å². The van der Waals surface area contributed by atoms with Crippen LogP contribution in [-0.4, -0.2) is 35.1 Å². The number of ketones is 1. The monoisotopic (exact) mass is 481 g/mol. The number of hydrogen-bond donors (Lipinski definition) is 2. The van der Waals surface area contributed by atoms with Crippen molar-refractivity contribution in [2.75, 3.05) is 18.0 Å². The van der Waals surface area contributed by atoms with Gasteiger partial charge in [0.25, 0.3) is 0 Å². The number of unbranched alkanes of at least 4 members (excludes halogenated alkanes) is 2. The maximum Gasteiger partial charge on any atom is 0.336 e. The largest absolute Gasteiger partial charge is 0.507 e. The molecular weight excluding hydrogens is 438 g/mol. The molecule has 0 aliphatic rings. The molecule has 2 aromatic rings. The van der Waals surface area contributed by atoms with Gasteiger partial charge in [0, 0.05) is 30.4 Å². The normalized spacial score (nSPS) is 12.8. The van der Waals surface area contributed by atoms with Crippen LogP contribution in [0.25, 0.3) is 0 Å². The lowest BCUT2D eigenvalue weighted by Gasteiger charge is -2.33. The van der Waals surface area contributed by atoms with E-state index >= 15 is 0 Å². The number of phenols is 1. The predicted octanol–water partition coefficient (Wildman–Crippen LogP) is 7.56. The van der Waals surface area contributed by atoms with Gasteiger partial charge in [0.05, 0.1) is 11.1 Å². The van der Waals surface area contributed by atoms with Crippen LogP contribution in [0.2, 0.25) is 0 Å². The standard InChI is InChI=1S/C30H43NO4/c1-5-9-13-22(7-3)20-31(21-23(8-4)14-10-6-2)24-17-18-27(28(32)19-24)29(33)25-15-11-12-16-26(25)30(34)35/h11-12,15-19,22-23,32H,5-10,13-14,20-21H2,1-4H3,(H,34,35). The van der Waals surface area contributed by atoms with Gasteiger partial charge in [-0.1, -0.05) is 84.4 Å². The highest BCUT2D eigenvalue weighted by Gasteiger charge is 2.22. The van der Waals surface area contributed by atoms with Crippen LogP contribution in [0, 0.1) is 11.8 Å². The van der Waals surface area contributed by atoms with E-state index in [1.165, 1.54) is 50.7 Å². The lowest BCUT2D eigenvalue weighted by atomic mass is 9.94. The van der Waals surface area contributed by atoms with Gasteiger partial charge in [-0.3, -0.25) is 4.79 Å². The van der Waals surface area contributed by atoms with Crippen LogP contribution in [0.15, 0.2) is 42.5 Å². The number of aromatic hydroxyl groups is 1. The zero-order valence-electron chi connectivity index (χ0n) is 21.9. The Balaban J connectivity index is 2.36. The number of carboxylic acids is 1. The molecule has 0 spiro atoms. The summed E-state index contributed by atoms with van der Waals surface area (Å²) in [6.45, 7) is 10.8. The first-order chi connectivity index (χ1) is 16.9. The number of hydrogen-bond acceptors (Lipinski definition) is 4. The molecule has 5 heteroatoms. The second-order valence-electron chi connectivity index (χ2n) is 9.62. The van der Waals surface area contributed by atoms with Gasteiger partial charge < -0.3 is 15.1 Å². The molecule has 0 heterocycles. The summed E-state index contributed by atoms with van der Waals surface area (Å²) < 4.78 is 0. The fraction of sp³-hybridized carbons (Fsp3) is 0.533. The zero-order valence-corrected chi connectivity index (χ0v) is 21.9. The van der Waals surface area contributed by atoms with E-state index in [1.54, 1.807) is 24.3 Å². The van der Waals surface area contributed by atoms with Crippen LogP contribution in [0.5, 0.6) is 5.75 Å². The number of carbonyl (C=O) groups excluding carboxylic acids is 1. The van der Waals surface area contributed by atoms with Crippen LogP contribution in [-0.2, 0) is 0 Å². The Labute approximate surface area is 211 Å². The molecule has 2 rings (SSSR count). The molecule has 2 N–H and O–H groups in total. The summed E-state index contributed by atoms with van der Waals surface area (Å²) in [5.74, 6) is -0.607. The van der Waals surface area contributed by atoms with Crippen molar-refractivity contribution < 1.29 is 19.8 Å². The molecule has 0 aliphatic heterocycles. The van der Waals surface area contributed by atoms with Crippen LogP contribution < -0.4 is 4.90 Å². The number of anilines is 1. The molecule has 0 fully saturated rings. The summed E-state index contributed by atoms with van der Waals surface area (Å²) in [5, 5.41) is 20.3. The number of nitrogens with zero attached hydrogens (tertiary/aromatic N) is 1. The predicted molar refractivity (Wildman–Crippen MR) is 144 cm³/mol. The Morgan fingerprint density at radius 1 is 0.800 bits per heavy atom. The molecular formula is C30H43NO4. The molecule has 2 atom stereocenters. The van der Waals surface area contributed by atoms with Crippen molar-refractivity contribution in [2.45, 2.75) is 79.1 Å². The van der Waals surface area contributed by atoms with Gasteiger partial charge in [0.15, 0.2) is 5.78 Å². The summed E-state index contributed by atoms with van der Waals surface area (Å²) in [7, 11) is 0. The van der Waals surface area contributed by atoms with Crippen molar-refractivity contribution in [3.05, 3.63) is 59.2 Å². The molecule has 0 saturated carbocycles. The van der Waals surface area contributed by atoms with Crippen molar-refractivity contribution in [3.8, 4) is 5.75 Å². The molecule has 5 nitrogen and oxygen atoms in total. The van der Waals surface area contributed by atoms with E-state index in [0.29, 0.717) is 11.8 Å². The van der Waals surface area contributed by atoms with Gasteiger partial charge >= 0.3 is 5.97 Å². The molecule has 35 heavy (non-hydrogen) atoms. The van der Waals surface area contributed by atoms with E-state index in [-0.39, 0.29) is 22.4 Å². The summed E-state index contributed by atoms with van der Waals surface area (Å²) >= 11 is 0. The Bertz CT molecular complexity index is 937. The van der Waals surface area contributed by atoms with Crippen molar-refractivity contribution in [3.63, 3.8) is 0 Å². The summed E-state index contributed by atoms with van der Waals surface area (Å²) in [4.78, 5) is 27.1. The van der Waals surface area contributed by atoms with Crippen molar-refractivity contribution in [1.82, 2.24) is 0 Å². The number of benzene rings is 2. The van der Waals surface area contributed by atoms with Crippen molar-refractivity contribution in [1.29, 1.82) is 0 Å². The molecule has 0 bridgehead atoms. The van der Waals surface area contributed by atoms with E-state index in [4.69, 9.17) is 0 Å². The maximum absolute atomic E-state index is 13.1. The average molecular weight is 482 g/mol. The second kappa shape index (κ2) is 14.6. The molecule has 2 unspecified atom stereocenters. The Kier molecular flexibility index (Phi) is 11.8. The third-order valence-electron chi connectivity index (χ3n) is 7.04. The smallest absolute Gasteiger partial charge is 0.336 e. The van der Waals surface area contributed by atoms with Gasteiger partial charge in [-0.2, -0.15) is 0 Å². The van der Waals surface area contributed by atoms with E-state index < -0.39 is 11.8 Å². The minimum atomic E-state index is -1.16. The van der Waals surface area contributed by atoms with Gasteiger partial charge in [0.2, 0.25) is 0 Å². The van der Waals surface area contributed by atoms with E-state index in [0.717, 1.165) is 31.6 Å². The first kappa shape index (κ1) is 28.4. The van der Waals surface area contributed by atoms with Gasteiger partial charge in [-0.05, 0) is 42.9 Å². The van der Waals surface area contributed by atoms with Crippen molar-refractivity contribution in [2.24, 2.45) is 11.8 Å². The van der Waals surface area contributed by atoms with Gasteiger partial charge in [-0.15, -0.1) is 0 Å². The molecule has 0 saturated heterocycles. The van der Waals surface area contributed by atoms with Crippen LogP contribution in [0.1, 0.15) is 105 Å². The number of carboxylic acid groups (broad SMARTS) is 1. The first-order valence-electron chi connectivity index (χ1n) is 13.3. The number of aromatic carboxylic acids is 1. The highest BCUT2D eigenvalue weighted by molar-refractivity contribution is 6.15. The quantitative estimate of drug-likeness (QED) is 0.242. The molecule has 2 aromatic carbocycles. The highest BCUT2D eigenvalue weighted by atomic mass is 16.4. The first-order valence-corrected chi connectivity index (χ1v) is 13.3. The fourth-order valence-electron chi connectivity index (χ4n) is 4.66. The maximum atomic E-state index is 13.1. The van der Waals surface area contributed by atoms with Gasteiger partial charge in [-0.25, -0.2) is 4.79 Å². The van der Waals surface area contributed by atoms with Crippen molar-refractivity contribution >= 4 is 17.4 Å². The Morgan fingerprint density at radius 3 is 1.80 bits per heavy atom. The lowest BCUT2D eigenvalue weighted by Crippen LogP contribution is -2.34. The van der Waals surface area contributed by atoms with E-state index in [1.807, 2.05) is 6.07 Å². The third-order valence-corrected chi connectivity index (χ3v) is 7.04. The Morgan fingerprint density at radius 2 is 1.34 bits per heavy atom. The third kappa shape index (κ3) is 8.12. The molecule has 192 valence electrons. The summed E-state index contributed by atoms with van der Waals surface area (Å²) in [6, 6.07) is 11.3. The summed E-state index contributed by atoms with van der Waals surface area (Å²) in [6.07, 6.45) is 9.36. The second-order valence-corrected chi connectivity index (χ2v) is 9.62. The molecule has 0 radical (unpaired) electrons. The van der Waals surface area contributed by atoms with Crippen LogP contribution in [0.3, 0.4) is 0 Å². The SMILES string of the molecule is CCCCC(CC)CN(CC(CC)CCCC)c1ccc(C(=O)c2ccccc2C(=O)O)c(O)c1. The lowest BCUT2D eigenvalue weighted by molar-refractivity contribution is 0.0692. The Hall–Kier alpha value is -2.82. The molecule has 0 aliphatic carbocycles. The number of rotatable bonds is 16. The van der Waals surface area contributed by atoms with E-state index in [9.17, 15) is 19.8 Å². The fourth-order valence-corrected chi connectivity index (χ4v) is 4.66. The molecule has 0 amide bonds. The number of carbonyl (C=O) groups is 2. The average Bonchev–Trinajstić information content (AvgIpc) is 2.87. The number of phenolic OH excluding ortho intramolecular Hbond substituents is 1. The topological polar surface area (TPSA) is 77.8 Å². The molecule has 0 aromatic heterocycles. The van der Waals surface area contributed by atoms with E-state index in [2.05, 4.69) is 32.6 Å². The highest BCUT2D eigenvalue weighted by Crippen LogP contribution is 2.30. The minimum absolute atomic E-state index is 0.0639. The summed E-state index contributed by atoms with van der Waals surface area (Å²) in [5.41, 5.74) is 1.05.